The summed E-state index contributed by atoms with van der Waals surface area (Å²) in [5, 5.41) is 15.7. The normalized spacial score (nSPS) is 20.0. The van der Waals surface area contributed by atoms with Crippen LogP contribution in [0, 0.1) is 0 Å². The molecule has 266 valence electrons. The highest BCUT2D eigenvalue weighted by atomic mass is 79.9. The summed E-state index contributed by atoms with van der Waals surface area (Å²) in [6.45, 7) is 0. The highest BCUT2D eigenvalue weighted by Gasteiger charge is 2.34. The fraction of sp³-hybridized carbons (Fsp3) is 0.667. The van der Waals surface area contributed by atoms with Crippen LogP contribution in [0.5, 0.6) is 0 Å². The number of methoxy groups -OCH3 is 3. The van der Waals surface area contributed by atoms with Crippen LogP contribution in [-0.4, -0.2) is 73.8 Å². The molecule has 13 heteroatoms. The minimum Gasteiger partial charge on any atom is -0.464 e. The number of rotatable bonds is 8. The second kappa shape index (κ2) is 16.0. The number of alkyl halides is 1. The van der Waals surface area contributed by atoms with E-state index in [-0.39, 0.29) is 17.9 Å². The van der Waals surface area contributed by atoms with E-state index in [0.29, 0.717) is 46.9 Å². The number of ether oxygens (including phenoxy) is 3. The van der Waals surface area contributed by atoms with Gasteiger partial charge in [-0.05, 0) is 108 Å². The van der Waals surface area contributed by atoms with Gasteiger partial charge < -0.3 is 14.2 Å². The second-order valence-electron chi connectivity index (χ2n) is 14.0. The predicted molar refractivity (Wildman–Crippen MR) is 185 cm³/mol. The Labute approximate surface area is 296 Å². The Bertz CT molecular complexity index is 1590. The van der Waals surface area contributed by atoms with E-state index < -0.39 is 0 Å². The number of hydrogen-bond donors (Lipinski definition) is 1. The Morgan fingerprint density at radius 3 is 1.65 bits per heavy atom. The maximum Gasteiger partial charge on any atom is 0.358 e. The smallest absolute Gasteiger partial charge is 0.358 e. The molecule has 49 heavy (non-hydrogen) atoms. The molecule has 0 radical (unpaired) electrons. The lowest BCUT2D eigenvalue weighted by Gasteiger charge is -2.27. The molecule has 3 aromatic rings. The largest absolute Gasteiger partial charge is 0.464 e. The average Bonchev–Trinajstić information content (AvgIpc) is 4.02. The van der Waals surface area contributed by atoms with Crippen molar-refractivity contribution in [2.24, 2.45) is 0 Å². The number of aromatic amines is 1. The first kappa shape index (κ1) is 35.3. The van der Waals surface area contributed by atoms with Crippen molar-refractivity contribution < 1.29 is 28.6 Å². The number of nitrogens with zero attached hydrogens (tertiary/aromatic N) is 5. The van der Waals surface area contributed by atoms with Crippen LogP contribution in [0.2, 0.25) is 0 Å². The molecule has 6 aliphatic rings. The molecule has 9 rings (SSSR count). The number of carbonyl (C=O) groups excluding carboxylic acids is 3. The summed E-state index contributed by atoms with van der Waals surface area (Å²) in [7, 11) is 4.19. The monoisotopic (exact) mass is 740 g/mol. The summed E-state index contributed by atoms with van der Waals surface area (Å²) in [4.78, 5) is 34.9. The standard InChI is InChI=1S/2C12H16N2O2.C8H10N2O2.C4H7Br/c1-16-12(15)10-7-11(8-5-6-8)14(13-10)9-3-2-4-9;1-16-12(15)11-7-10(8-5-6-8)13-14(11)9-3-2-4-9;1-12-8(11)7-4-6(9-10-7)5-2-3-5;5-4-2-1-3-4/h2*7-9H,2-6H2,1H3;4-5H,2-3H2,1H3,(H,9,10);4H,1-3H2. The number of halogens is 1. The van der Waals surface area contributed by atoms with Crippen LogP contribution < -0.4 is 0 Å². The van der Waals surface area contributed by atoms with Crippen LogP contribution in [-0.2, 0) is 14.2 Å². The van der Waals surface area contributed by atoms with Gasteiger partial charge in [0.05, 0.1) is 39.1 Å². The summed E-state index contributed by atoms with van der Waals surface area (Å²) in [6.07, 6.45) is 18.7. The topological polar surface area (TPSA) is 143 Å². The molecule has 0 atom stereocenters. The quantitative estimate of drug-likeness (QED) is 0.141. The molecule has 0 aromatic carbocycles. The van der Waals surface area contributed by atoms with Crippen molar-refractivity contribution in [3.05, 3.63) is 52.4 Å². The zero-order chi connectivity index (χ0) is 34.5. The highest BCUT2D eigenvalue weighted by Crippen LogP contribution is 2.44. The van der Waals surface area contributed by atoms with Crippen LogP contribution in [0.4, 0.5) is 0 Å². The number of nitrogens with one attached hydrogen (secondary N) is 1. The molecule has 0 amide bonds. The Balaban J connectivity index is 0.000000120. The van der Waals surface area contributed by atoms with Gasteiger partial charge in [-0.25, -0.2) is 14.4 Å². The maximum absolute atomic E-state index is 11.7. The van der Waals surface area contributed by atoms with Gasteiger partial charge in [0.25, 0.3) is 0 Å². The summed E-state index contributed by atoms with van der Waals surface area (Å²) in [6, 6.07) is 6.54. The lowest BCUT2D eigenvalue weighted by Crippen LogP contribution is -2.22. The second-order valence-corrected chi connectivity index (χ2v) is 15.3. The molecule has 6 saturated carbocycles. The fourth-order valence-corrected chi connectivity index (χ4v) is 6.53. The highest BCUT2D eigenvalue weighted by molar-refractivity contribution is 9.09. The van der Waals surface area contributed by atoms with Gasteiger partial charge in [0.15, 0.2) is 11.4 Å². The average molecular weight is 742 g/mol. The van der Waals surface area contributed by atoms with E-state index >= 15 is 0 Å². The predicted octanol–water partition coefficient (Wildman–Crippen LogP) is 7.55. The van der Waals surface area contributed by atoms with Crippen LogP contribution in [0.25, 0.3) is 0 Å². The molecule has 0 bridgehead atoms. The summed E-state index contributed by atoms with van der Waals surface area (Å²) >= 11 is 3.46. The van der Waals surface area contributed by atoms with E-state index in [1.807, 2.05) is 16.8 Å². The lowest BCUT2D eigenvalue weighted by molar-refractivity contribution is 0.0573. The number of carbonyl (C=O) groups is 3. The van der Waals surface area contributed by atoms with Crippen molar-refractivity contribution in [1.82, 2.24) is 29.8 Å². The van der Waals surface area contributed by atoms with Gasteiger partial charge in [-0.15, -0.1) is 0 Å². The number of esters is 3. The van der Waals surface area contributed by atoms with Gasteiger partial charge in [-0.1, -0.05) is 22.4 Å². The van der Waals surface area contributed by atoms with E-state index in [1.165, 1.54) is 110 Å². The van der Waals surface area contributed by atoms with Crippen LogP contribution in [0.3, 0.4) is 0 Å². The summed E-state index contributed by atoms with van der Waals surface area (Å²) in [5.41, 5.74) is 4.85. The molecule has 6 fully saturated rings. The molecule has 0 saturated heterocycles. The third kappa shape index (κ3) is 9.01. The first-order chi connectivity index (χ1) is 23.8. The molecular formula is C36H49BrN6O6. The minimum absolute atomic E-state index is 0.258. The van der Waals surface area contributed by atoms with Crippen LogP contribution >= 0.6 is 15.9 Å². The van der Waals surface area contributed by atoms with Gasteiger partial charge in [-0.3, -0.25) is 14.5 Å². The molecule has 6 aliphatic carbocycles. The minimum atomic E-state index is -0.377. The van der Waals surface area contributed by atoms with Crippen molar-refractivity contribution in [3.8, 4) is 0 Å². The van der Waals surface area contributed by atoms with Gasteiger partial charge in [0.2, 0.25) is 0 Å². The van der Waals surface area contributed by atoms with Gasteiger partial charge in [0.1, 0.15) is 5.69 Å². The van der Waals surface area contributed by atoms with E-state index in [0.717, 1.165) is 29.1 Å². The van der Waals surface area contributed by atoms with Crippen LogP contribution in [0.1, 0.15) is 175 Å². The Morgan fingerprint density at radius 1 is 0.653 bits per heavy atom. The van der Waals surface area contributed by atoms with E-state index in [1.54, 1.807) is 6.07 Å². The maximum atomic E-state index is 11.7. The van der Waals surface area contributed by atoms with E-state index in [4.69, 9.17) is 9.47 Å². The SMILES string of the molecule is BrC1CCC1.COC(=O)c1cc(C2CC2)[nH]n1.COC(=O)c1cc(C2CC2)n(C2CCC2)n1.COC(=O)c1cc(C2CC2)nn1C1CCC1. The zero-order valence-corrected chi connectivity index (χ0v) is 30.5. The van der Waals surface area contributed by atoms with Crippen molar-refractivity contribution in [1.29, 1.82) is 0 Å². The van der Waals surface area contributed by atoms with Crippen molar-refractivity contribution in [2.75, 3.05) is 21.3 Å². The third-order valence-corrected chi connectivity index (χ3v) is 11.1. The van der Waals surface area contributed by atoms with E-state index in [9.17, 15) is 14.4 Å². The van der Waals surface area contributed by atoms with Gasteiger partial charge in [0, 0.05) is 34.0 Å². The summed E-state index contributed by atoms with van der Waals surface area (Å²) < 4.78 is 18.0. The molecule has 3 aromatic heterocycles. The molecule has 0 unspecified atom stereocenters. The number of aromatic nitrogens is 6. The number of hydrogen-bond acceptors (Lipinski definition) is 9. The first-order valence-corrected chi connectivity index (χ1v) is 18.8. The van der Waals surface area contributed by atoms with Gasteiger partial charge in [-0.2, -0.15) is 15.3 Å². The lowest BCUT2D eigenvalue weighted by atomic mass is 9.93. The third-order valence-electron chi connectivity index (χ3n) is 10.2. The zero-order valence-electron chi connectivity index (χ0n) is 28.9. The molecule has 0 spiro atoms. The first-order valence-electron chi connectivity index (χ1n) is 17.9. The number of H-pyrrole nitrogens is 1. The molecule has 1 N–H and O–H groups in total. The summed E-state index contributed by atoms with van der Waals surface area (Å²) in [5.74, 6) is 0.858. The van der Waals surface area contributed by atoms with E-state index in [2.05, 4.69) is 45.7 Å². The van der Waals surface area contributed by atoms with Crippen LogP contribution in [0.15, 0.2) is 18.2 Å². The molecule has 12 nitrogen and oxygen atoms in total. The molecule has 3 heterocycles. The van der Waals surface area contributed by atoms with Crippen molar-refractivity contribution in [2.45, 2.75) is 131 Å². The van der Waals surface area contributed by atoms with Gasteiger partial charge >= 0.3 is 17.9 Å². The molecular weight excluding hydrogens is 692 g/mol. The van der Waals surface area contributed by atoms with Crippen molar-refractivity contribution in [3.63, 3.8) is 0 Å². The fourth-order valence-electron chi connectivity index (χ4n) is 5.89. The molecule has 0 aliphatic heterocycles. The Morgan fingerprint density at radius 2 is 1.18 bits per heavy atom. The Kier molecular flexibility index (Phi) is 11.6. The van der Waals surface area contributed by atoms with Crippen molar-refractivity contribution >= 4 is 33.8 Å². The Hall–Kier alpha value is -3.48.